The van der Waals surface area contributed by atoms with Crippen molar-refractivity contribution in [2.45, 2.75) is 31.0 Å². The highest BCUT2D eigenvalue weighted by Gasteiger charge is 2.58. The molecule has 1 saturated heterocycles. The maximum absolute atomic E-state index is 15.0. The van der Waals surface area contributed by atoms with E-state index in [1.165, 1.54) is 6.92 Å². The molecule has 8 nitrogen and oxygen atoms in total. The highest BCUT2D eigenvalue weighted by molar-refractivity contribution is 5.22. The highest BCUT2D eigenvalue weighted by Crippen LogP contribution is 2.40. The van der Waals surface area contributed by atoms with Gasteiger partial charge in [-0.2, -0.15) is 9.78 Å². The Morgan fingerprint density at radius 2 is 2.45 bits per heavy atom. The molecule has 1 aliphatic rings. The second-order valence-electron chi connectivity index (χ2n) is 4.01. The predicted molar refractivity (Wildman–Crippen MR) is 63.4 cm³/mol. The maximum Gasteiger partial charge on any atom is 0.347 e. The van der Waals surface area contributed by atoms with Crippen LogP contribution in [0.2, 0.25) is 0 Å². The van der Waals surface area contributed by atoms with E-state index in [4.69, 9.17) is 7.48 Å². The van der Waals surface area contributed by atoms with Crippen LogP contribution >= 0.6 is 0 Å². The fourth-order valence-corrected chi connectivity index (χ4v) is 1.87. The van der Waals surface area contributed by atoms with E-state index in [0.29, 0.717) is 10.9 Å². The normalized spacial score (nSPS) is 34.9. The fourth-order valence-electron chi connectivity index (χ4n) is 1.87. The van der Waals surface area contributed by atoms with Crippen LogP contribution in [0.25, 0.3) is 0 Å². The van der Waals surface area contributed by atoms with Crippen molar-refractivity contribution in [3.05, 3.63) is 27.0 Å². The molecule has 9 heteroatoms. The van der Waals surface area contributed by atoms with Crippen molar-refractivity contribution in [2.24, 2.45) is 0 Å². The van der Waals surface area contributed by atoms with E-state index in [1.54, 1.807) is 0 Å². The zero-order valence-corrected chi connectivity index (χ0v) is 10.2. The second-order valence-corrected chi connectivity index (χ2v) is 4.01. The minimum atomic E-state index is -3.09. The van der Waals surface area contributed by atoms with E-state index >= 15 is 0 Å². The number of ether oxygens (including phenoxy) is 1. The summed E-state index contributed by atoms with van der Waals surface area (Å²) in [6, 6.07) is 0. The van der Waals surface area contributed by atoms with Crippen molar-refractivity contribution in [2.75, 3.05) is 6.56 Å². The number of H-pyrrole nitrogens is 1. The molecule has 108 valence electrons. The average Bonchev–Trinajstić information content (AvgIpc) is 2.63. The topological polar surface area (TPSA) is 117 Å². The van der Waals surface area contributed by atoms with Crippen LogP contribution in [-0.2, 0) is 4.74 Å². The largest absolute Gasteiger partial charge is 0.394 e. The maximum atomic E-state index is 15.0. The minimum absolute atomic E-state index is 0.376. The predicted octanol–water partition coefficient (Wildman–Crippen LogP) is -2.09. The number of aliphatic hydroxyl groups is 2. The van der Waals surface area contributed by atoms with Crippen molar-refractivity contribution >= 4 is 0 Å². The summed E-state index contributed by atoms with van der Waals surface area (Å²) in [5, 5.41) is 22.7. The van der Waals surface area contributed by atoms with E-state index < -0.39 is 41.9 Å². The molecule has 3 N–H and O–H groups in total. The molecule has 0 aromatic carbocycles. The number of alkyl halides is 1. The molecule has 0 saturated carbocycles. The van der Waals surface area contributed by atoms with Crippen molar-refractivity contribution < 1.29 is 22.1 Å². The van der Waals surface area contributed by atoms with Crippen molar-refractivity contribution in [1.82, 2.24) is 14.8 Å². The van der Waals surface area contributed by atoms with E-state index in [2.05, 4.69) is 11.0 Å². The molecule has 0 radical (unpaired) electrons. The average molecular weight is 287 g/mol. The molecular formula is C11H12FN3O5. The molecule has 0 bridgehead atoms. The summed E-state index contributed by atoms with van der Waals surface area (Å²) >= 11 is 0. The number of halogens is 1. The molecule has 1 fully saturated rings. The van der Waals surface area contributed by atoms with Gasteiger partial charge >= 0.3 is 5.69 Å². The Hall–Kier alpha value is -2.02. The number of nitrogens with zero attached hydrogens (tertiary/aromatic N) is 2. The van der Waals surface area contributed by atoms with Crippen LogP contribution in [0, 0.1) is 11.8 Å². The Labute approximate surface area is 114 Å². The lowest BCUT2D eigenvalue weighted by molar-refractivity contribution is -0.0611. The molecule has 1 unspecified atom stereocenters. The zero-order chi connectivity index (χ0) is 16.7. The van der Waals surface area contributed by atoms with Gasteiger partial charge in [-0.3, -0.25) is 9.78 Å². The van der Waals surface area contributed by atoms with Crippen LogP contribution in [0.4, 0.5) is 4.39 Å². The van der Waals surface area contributed by atoms with E-state index in [9.17, 15) is 24.2 Å². The van der Waals surface area contributed by atoms with Gasteiger partial charge < -0.3 is 14.9 Å². The van der Waals surface area contributed by atoms with Gasteiger partial charge in [-0.1, -0.05) is 5.92 Å². The van der Waals surface area contributed by atoms with Gasteiger partial charge in [-0.15, -0.1) is 5.92 Å². The molecule has 0 aliphatic carbocycles. The quantitative estimate of drug-likeness (QED) is 0.537. The lowest BCUT2D eigenvalue weighted by atomic mass is 9.97. The number of aromatic nitrogens is 3. The number of rotatable bonds is 2. The van der Waals surface area contributed by atoms with E-state index in [1.807, 2.05) is 10.9 Å². The monoisotopic (exact) mass is 287 g/mol. The first-order valence-electron chi connectivity index (χ1n) is 6.48. The summed E-state index contributed by atoms with van der Waals surface area (Å²) in [6.07, 6.45) is -5.47. The molecule has 2 rings (SSSR count). The summed E-state index contributed by atoms with van der Waals surface area (Å²) in [6.45, 7) is -1.83. The molecule has 1 aromatic rings. The first kappa shape index (κ1) is 11.8. The standard InChI is InChI=1S/C11H12FN3O5/c1-2-3-11(12)8(18)6(5-16)20-9(11)15-10(19)14-7(17)4-13-15/h4,6,8-9,16,18H,5H2,1H3,(H,14,17,19)/t6-,8?,9-,11-/m1/s1/i5D2. The first-order valence-corrected chi connectivity index (χ1v) is 5.48. The van der Waals surface area contributed by atoms with Crippen LogP contribution in [0.1, 0.15) is 15.9 Å². The Kier molecular flexibility index (Phi) is 3.04. The number of aliphatic hydroxyl groups excluding tert-OH is 1. The molecule has 2 heterocycles. The highest BCUT2D eigenvalue weighted by atomic mass is 19.1. The van der Waals surface area contributed by atoms with Crippen LogP contribution < -0.4 is 11.2 Å². The summed E-state index contributed by atoms with van der Waals surface area (Å²) in [4.78, 5) is 24.5. The van der Waals surface area contributed by atoms with Gasteiger partial charge in [0, 0.05) is 0 Å². The lowest BCUT2D eigenvalue weighted by Gasteiger charge is -2.22. The van der Waals surface area contributed by atoms with Crippen LogP contribution in [-0.4, -0.2) is 49.4 Å². The number of hydrogen-bond acceptors (Lipinski definition) is 6. The zero-order valence-electron chi connectivity index (χ0n) is 12.2. The number of nitrogens with one attached hydrogen (secondary N) is 1. The third kappa shape index (κ3) is 2.14. The number of aromatic amines is 1. The molecule has 0 spiro atoms. The van der Waals surface area contributed by atoms with Crippen LogP contribution in [0.5, 0.6) is 0 Å². The molecule has 0 amide bonds. The SMILES string of the molecule is [2H]C([2H])(O)[C@H]1O[C@@H](n2ncc(=O)[nH]c2=O)[C@@](F)(C#CC)C1O. The Balaban J connectivity index is 2.59. The van der Waals surface area contributed by atoms with Crippen LogP contribution in [0.15, 0.2) is 15.8 Å². The Morgan fingerprint density at radius 1 is 1.75 bits per heavy atom. The van der Waals surface area contributed by atoms with Gasteiger partial charge in [0.05, 0.1) is 9.30 Å². The second kappa shape index (κ2) is 5.16. The van der Waals surface area contributed by atoms with Gasteiger partial charge in [0.2, 0.25) is 11.9 Å². The van der Waals surface area contributed by atoms with Gasteiger partial charge in [-0.25, -0.2) is 9.18 Å². The van der Waals surface area contributed by atoms with Gasteiger partial charge in [0.1, 0.15) is 18.4 Å². The molecule has 4 atom stereocenters. The molecule has 1 aliphatic heterocycles. The Bertz CT molecular complexity index is 749. The lowest BCUT2D eigenvalue weighted by Crippen LogP contribution is -2.46. The minimum Gasteiger partial charge on any atom is -0.394 e. The molecular weight excluding hydrogens is 273 g/mol. The van der Waals surface area contributed by atoms with Crippen molar-refractivity contribution in [1.29, 1.82) is 0 Å². The third-order valence-electron chi connectivity index (χ3n) is 2.76. The van der Waals surface area contributed by atoms with Gasteiger partial charge in [0.15, 0.2) is 0 Å². The first-order chi connectivity index (χ1) is 10.1. The molecule has 1 aromatic heterocycles. The summed E-state index contributed by atoms with van der Waals surface area (Å²) in [7, 11) is 0. The third-order valence-corrected chi connectivity index (χ3v) is 2.76. The van der Waals surface area contributed by atoms with Crippen molar-refractivity contribution in [3.63, 3.8) is 0 Å². The smallest absolute Gasteiger partial charge is 0.347 e. The van der Waals surface area contributed by atoms with E-state index in [-0.39, 0.29) is 0 Å². The number of hydrogen-bond donors (Lipinski definition) is 3. The van der Waals surface area contributed by atoms with Gasteiger partial charge in [0.25, 0.3) is 5.56 Å². The molecule has 20 heavy (non-hydrogen) atoms. The summed E-state index contributed by atoms with van der Waals surface area (Å²) in [5.41, 5.74) is -4.88. The summed E-state index contributed by atoms with van der Waals surface area (Å²) < 4.78 is 34.6. The summed E-state index contributed by atoms with van der Waals surface area (Å²) in [5.74, 6) is 4.20. The fraction of sp³-hybridized carbons (Fsp3) is 0.545. The van der Waals surface area contributed by atoms with E-state index in [0.717, 1.165) is 0 Å². The van der Waals surface area contributed by atoms with Crippen molar-refractivity contribution in [3.8, 4) is 11.8 Å². The Morgan fingerprint density at radius 3 is 3.00 bits per heavy atom. The van der Waals surface area contributed by atoms with Gasteiger partial charge in [-0.05, 0) is 6.92 Å². The van der Waals surface area contributed by atoms with Crippen LogP contribution in [0.3, 0.4) is 0 Å².